The molecule has 1 saturated heterocycles. The fraction of sp³-hybridized carbons (Fsp3) is 0.529. The first-order valence-electron chi connectivity index (χ1n) is 8.78. The van der Waals surface area contributed by atoms with Gasteiger partial charge in [-0.05, 0) is 43.9 Å². The fourth-order valence-electron chi connectivity index (χ4n) is 3.37. The zero-order valence-corrected chi connectivity index (χ0v) is 15.4. The van der Waals surface area contributed by atoms with Crippen LogP contribution in [0.1, 0.15) is 25.3 Å². The SMILES string of the molecule is CC1(NS(=O)(=O)c2ccc3c(c2)N(C(=O)CN2CCNC2=O)CC3)CC1. The number of rotatable bonds is 5. The number of sulfonamides is 1. The number of hydrogen-bond donors (Lipinski definition) is 2. The molecule has 2 heterocycles. The van der Waals surface area contributed by atoms with E-state index in [0.29, 0.717) is 31.7 Å². The molecule has 0 aromatic heterocycles. The largest absolute Gasteiger partial charge is 0.336 e. The highest BCUT2D eigenvalue weighted by atomic mass is 32.2. The van der Waals surface area contributed by atoms with Gasteiger partial charge in [0.25, 0.3) is 0 Å². The monoisotopic (exact) mass is 378 g/mol. The zero-order chi connectivity index (χ0) is 18.5. The Hall–Kier alpha value is -2.13. The number of nitrogens with one attached hydrogen (secondary N) is 2. The maximum Gasteiger partial charge on any atom is 0.317 e. The number of hydrogen-bond acceptors (Lipinski definition) is 4. The lowest BCUT2D eigenvalue weighted by atomic mass is 10.2. The first kappa shape index (κ1) is 17.3. The number of urea groups is 1. The van der Waals surface area contributed by atoms with E-state index in [0.717, 1.165) is 18.4 Å². The summed E-state index contributed by atoms with van der Waals surface area (Å²) in [6, 6.07) is 4.69. The third kappa shape index (κ3) is 3.16. The Morgan fingerprint density at radius 2 is 2.08 bits per heavy atom. The van der Waals surface area contributed by atoms with Crippen LogP contribution in [0.2, 0.25) is 0 Å². The van der Waals surface area contributed by atoms with E-state index in [9.17, 15) is 18.0 Å². The van der Waals surface area contributed by atoms with Crippen LogP contribution in [0.25, 0.3) is 0 Å². The van der Waals surface area contributed by atoms with Crippen molar-refractivity contribution in [3.05, 3.63) is 23.8 Å². The van der Waals surface area contributed by atoms with Crippen LogP contribution in [0.3, 0.4) is 0 Å². The smallest absolute Gasteiger partial charge is 0.317 e. The summed E-state index contributed by atoms with van der Waals surface area (Å²) in [5.41, 5.74) is 1.22. The number of carbonyl (C=O) groups is 2. The molecule has 4 rings (SSSR count). The van der Waals surface area contributed by atoms with Gasteiger partial charge in [0, 0.05) is 30.9 Å². The standard InChI is InChI=1S/C17H22N4O4S/c1-17(5-6-17)19-26(24,25)13-3-2-12-4-8-21(14(12)10-13)15(22)11-20-9-7-18-16(20)23/h2-3,10,19H,4-9,11H2,1H3,(H,18,23). The fourth-order valence-corrected chi connectivity index (χ4v) is 4.85. The molecule has 9 heteroatoms. The second kappa shape index (κ2) is 5.95. The third-order valence-electron chi connectivity index (χ3n) is 5.22. The number of nitrogens with zero attached hydrogens (tertiary/aromatic N) is 2. The van der Waals surface area contributed by atoms with Gasteiger partial charge in [0.2, 0.25) is 15.9 Å². The highest BCUT2D eigenvalue weighted by Gasteiger charge is 2.41. The van der Waals surface area contributed by atoms with E-state index in [1.165, 1.54) is 4.90 Å². The molecule has 0 bridgehead atoms. The molecule has 8 nitrogen and oxygen atoms in total. The van der Waals surface area contributed by atoms with Crippen molar-refractivity contribution in [2.24, 2.45) is 0 Å². The molecule has 26 heavy (non-hydrogen) atoms. The van der Waals surface area contributed by atoms with E-state index in [-0.39, 0.29) is 28.9 Å². The Kier molecular flexibility index (Phi) is 3.96. The zero-order valence-electron chi connectivity index (χ0n) is 14.6. The van der Waals surface area contributed by atoms with Crippen molar-refractivity contribution in [1.29, 1.82) is 0 Å². The summed E-state index contributed by atoms with van der Waals surface area (Å²) in [5.74, 6) is -0.197. The van der Waals surface area contributed by atoms with Gasteiger partial charge in [0.15, 0.2) is 0 Å². The third-order valence-corrected chi connectivity index (χ3v) is 6.85. The Morgan fingerprint density at radius 1 is 1.31 bits per heavy atom. The van der Waals surface area contributed by atoms with Crippen molar-refractivity contribution in [2.75, 3.05) is 31.1 Å². The van der Waals surface area contributed by atoms with Crippen LogP contribution < -0.4 is 14.9 Å². The summed E-state index contributed by atoms with van der Waals surface area (Å²) < 4.78 is 28.0. The molecule has 0 unspecified atom stereocenters. The van der Waals surface area contributed by atoms with E-state index < -0.39 is 10.0 Å². The van der Waals surface area contributed by atoms with Crippen LogP contribution in [0.15, 0.2) is 23.1 Å². The van der Waals surface area contributed by atoms with E-state index in [4.69, 9.17) is 0 Å². The van der Waals surface area contributed by atoms with Gasteiger partial charge in [-0.15, -0.1) is 0 Å². The van der Waals surface area contributed by atoms with Gasteiger partial charge in [-0.3, -0.25) is 4.79 Å². The lowest BCUT2D eigenvalue weighted by molar-refractivity contribution is -0.119. The molecule has 1 aliphatic carbocycles. The predicted octanol–water partition coefficient (Wildman–Crippen LogP) is 0.432. The molecular formula is C17H22N4O4S. The molecule has 1 aromatic rings. The van der Waals surface area contributed by atoms with Crippen molar-refractivity contribution >= 4 is 27.6 Å². The van der Waals surface area contributed by atoms with Gasteiger partial charge in [0.05, 0.1) is 4.90 Å². The summed E-state index contributed by atoms with van der Waals surface area (Å²) in [7, 11) is -3.62. The molecule has 0 atom stereocenters. The van der Waals surface area contributed by atoms with Gasteiger partial charge < -0.3 is 15.1 Å². The van der Waals surface area contributed by atoms with Crippen molar-refractivity contribution < 1.29 is 18.0 Å². The Bertz CT molecular complexity index is 879. The maximum atomic E-state index is 12.6. The minimum atomic E-state index is -3.62. The lowest BCUT2D eigenvalue weighted by Gasteiger charge is -2.21. The van der Waals surface area contributed by atoms with E-state index >= 15 is 0 Å². The van der Waals surface area contributed by atoms with Gasteiger partial charge in [-0.1, -0.05) is 6.07 Å². The number of benzene rings is 1. The predicted molar refractivity (Wildman–Crippen MR) is 95.4 cm³/mol. The quantitative estimate of drug-likeness (QED) is 0.776. The normalized spacial score (nSPS) is 20.9. The molecule has 2 N–H and O–H groups in total. The van der Waals surface area contributed by atoms with Gasteiger partial charge in [-0.25, -0.2) is 17.9 Å². The van der Waals surface area contributed by atoms with Gasteiger partial charge in [0.1, 0.15) is 6.54 Å². The minimum absolute atomic E-state index is 0.00142. The van der Waals surface area contributed by atoms with Crippen molar-refractivity contribution in [3.8, 4) is 0 Å². The number of fused-ring (bicyclic) bond motifs is 1. The highest BCUT2D eigenvalue weighted by molar-refractivity contribution is 7.89. The molecular weight excluding hydrogens is 356 g/mol. The van der Waals surface area contributed by atoms with Gasteiger partial charge >= 0.3 is 6.03 Å². The molecule has 0 radical (unpaired) electrons. The van der Waals surface area contributed by atoms with Crippen LogP contribution in [0.4, 0.5) is 10.5 Å². The first-order valence-corrected chi connectivity index (χ1v) is 10.3. The van der Waals surface area contributed by atoms with Crippen LogP contribution >= 0.6 is 0 Å². The van der Waals surface area contributed by atoms with Gasteiger partial charge in [-0.2, -0.15) is 0 Å². The summed E-state index contributed by atoms with van der Waals surface area (Å²) in [5, 5.41) is 2.67. The van der Waals surface area contributed by atoms with Crippen LogP contribution in [-0.4, -0.2) is 57.0 Å². The molecule has 3 aliphatic rings. The van der Waals surface area contributed by atoms with Crippen LogP contribution in [0.5, 0.6) is 0 Å². The number of amides is 3. The highest BCUT2D eigenvalue weighted by Crippen LogP contribution is 2.37. The first-order chi connectivity index (χ1) is 12.3. The molecule has 2 fully saturated rings. The van der Waals surface area contributed by atoms with Crippen molar-refractivity contribution in [2.45, 2.75) is 36.6 Å². The summed E-state index contributed by atoms with van der Waals surface area (Å²) >= 11 is 0. The van der Waals surface area contributed by atoms with E-state index in [2.05, 4.69) is 10.0 Å². The molecule has 2 aliphatic heterocycles. The summed E-state index contributed by atoms with van der Waals surface area (Å²) in [6.07, 6.45) is 2.35. The Morgan fingerprint density at radius 3 is 2.73 bits per heavy atom. The number of anilines is 1. The van der Waals surface area contributed by atoms with E-state index in [1.54, 1.807) is 23.1 Å². The van der Waals surface area contributed by atoms with Crippen LogP contribution in [0, 0.1) is 0 Å². The Balaban J connectivity index is 1.55. The summed E-state index contributed by atoms with van der Waals surface area (Å²) in [4.78, 5) is 27.5. The molecule has 1 aromatic carbocycles. The lowest BCUT2D eigenvalue weighted by Crippen LogP contribution is -2.41. The molecule has 0 spiro atoms. The average molecular weight is 378 g/mol. The molecule has 1 saturated carbocycles. The van der Waals surface area contributed by atoms with E-state index in [1.807, 2.05) is 6.92 Å². The second-order valence-electron chi connectivity index (χ2n) is 7.41. The molecule has 3 amide bonds. The number of carbonyl (C=O) groups excluding carboxylic acids is 2. The Labute approximate surface area is 152 Å². The average Bonchev–Trinajstić information content (AvgIpc) is 2.97. The maximum absolute atomic E-state index is 12.6. The van der Waals surface area contributed by atoms with Crippen molar-refractivity contribution in [1.82, 2.24) is 14.9 Å². The molecule has 140 valence electrons. The van der Waals surface area contributed by atoms with Crippen molar-refractivity contribution in [3.63, 3.8) is 0 Å². The van der Waals surface area contributed by atoms with Crippen LogP contribution in [-0.2, 0) is 21.2 Å². The second-order valence-corrected chi connectivity index (χ2v) is 9.09. The minimum Gasteiger partial charge on any atom is -0.336 e. The topological polar surface area (TPSA) is 98.8 Å². The summed E-state index contributed by atoms with van der Waals surface area (Å²) in [6.45, 7) is 3.42.